The van der Waals surface area contributed by atoms with Crippen molar-refractivity contribution in [3.63, 3.8) is 0 Å². The fraction of sp³-hybridized carbons (Fsp3) is 0.619. The van der Waals surface area contributed by atoms with Crippen molar-refractivity contribution in [3.8, 4) is 5.75 Å². The maximum absolute atomic E-state index is 11.5. The summed E-state index contributed by atoms with van der Waals surface area (Å²) in [4.78, 5) is 16.1. The third-order valence-corrected chi connectivity index (χ3v) is 4.29. The summed E-state index contributed by atoms with van der Waals surface area (Å²) in [7, 11) is 0. The van der Waals surface area contributed by atoms with Crippen LogP contribution in [0.2, 0.25) is 0 Å². The van der Waals surface area contributed by atoms with Gasteiger partial charge in [0.25, 0.3) is 0 Å². The second-order valence-corrected chi connectivity index (χ2v) is 7.94. The van der Waals surface area contributed by atoms with Crippen molar-refractivity contribution >= 4 is 11.9 Å². The first-order valence-corrected chi connectivity index (χ1v) is 9.70. The molecule has 27 heavy (non-hydrogen) atoms. The van der Waals surface area contributed by atoms with Crippen LogP contribution in [0.1, 0.15) is 52.2 Å². The molecular weight excluding hydrogens is 340 g/mol. The Morgan fingerprint density at radius 1 is 1.30 bits per heavy atom. The first-order valence-electron chi connectivity index (χ1n) is 9.70. The van der Waals surface area contributed by atoms with Crippen LogP contribution in [0.15, 0.2) is 23.2 Å². The first kappa shape index (κ1) is 22.8. The lowest BCUT2D eigenvalue weighted by atomic mass is 9.93. The predicted octanol–water partition coefficient (Wildman–Crippen LogP) is 2.99. The summed E-state index contributed by atoms with van der Waals surface area (Å²) in [6, 6.07) is 6.18. The first-order chi connectivity index (χ1) is 12.7. The SMILES string of the molecule is CCNC(=NCc1ccc(C)cc1OCCC(C)C)NCC(C)(C)C(N)=O. The maximum atomic E-state index is 11.5. The van der Waals surface area contributed by atoms with Crippen LogP contribution in [-0.2, 0) is 11.3 Å². The topological polar surface area (TPSA) is 88.7 Å². The van der Waals surface area contributed by atoms with Crippen LogP contribution in [0, 0.1) is 18.3 Å². The number of rotatable bonds is 10. The molecule has 0 fully saturated rings. The number of amides is 1. The number of benzene rings is 1. The molecule has 1 aromatic carbocycles. The van der Waals surface area contributed by atoms with E-state index in [0.717, 1.165) is 29.8 Å². The van der Waals surface area contributed by atoms with Crippen LogP contribution < -0.4 is 21.1 Å². The summed E-state index contributed by atoms with van der Waals surface area (Å²) >= 11 is 0. The van der Waals surface area contributed by atoms with Crippen LogP contribution in [0.25, 0.3) is 0 Å². The zero-order chi connectivity index (χ0) is 20.4. The molecule has 0 aliphatic rings. The lowest BCUT2D eigenvalue weighted by Gasteiger charge is -2.22. The molecule has 1 amide bonds. The lowest BCUT2D eigenvalue weighted by Crippen LogP contribution is -2.46. The molecule has 1 aromatic rings. The number of nitrogens with two attached hydrogens (primary N) is 1. The number of aliphatic imine (C=N–C) groups is 1. The van der Waals surface area contributed by atoms with Gasteiger partial charge in [-0.1, -0.05) is 26.0 Å². The van der Waals surface area contributed by atoms with E-state index >= 15 is 0 Å². The third kappa shape index (κ3) is 8.33. The van der Waals surface area contributed by atoms with E-state index in [0.29, 0.717) is 31.6 Å². The van der Waals surface area contributed by atoms with E-state index < -0.39 is 5.41 Å². The minimum Gasteiger partial charge on any atom is -0.493 e. The number of aryl methyl sites for hydroxylation is 1. The molecule has 0 unspecified atom stereocenters. The van der Waals surface area contributed by atoms with Gasteiger partial charge in [0.15, 0.2) is 5.96 Å². The Morgan fingerprint density at radius 3 is 2.59 bits per heavy atom. The second-order valence-electron chi connectivity index (χ2n) is 7.94. The molecule has 0 spiro atoms. The van der Waals surface area contributed by atoms with Crippen molar-refractivity contribution in [3.05, 3.63) is 29.3 Å². The van der Waals surface area contributed by atoms with Crippen LogP contribution in [-0.4, -0.2) is 31.6 Å². The van der Waals surface area contributed by atoms with Gasteiger partial charge in [0, 0.05) is 18.7 Å². The number of hydrogen-bond acceptors (Lipinski definition) is 3. The predicted molar refractivity (Wildman–Crippen MR) is 112 cm³/mol. The number of nitrogens with one attached hydrogen (secondary N) is 2. The molecule has 0 aliphatic carbocycles. The standard InChI is InChI=1S/C21H36N4O2/c1-7-23-20(25-14-21(5,6)19(22)26)24-13-17-9-8-16(4)12-18(17)27-11-10-15(2)3/h8-9,12,15H,7,10-11,13-14H2,1-6H3,(H2,22,26)(H2,23,24,25). The van der Waals surface area contributed by atoms with Crippen molar-refractivity contribution in [2.45, 2.75) is 54.5 Å². The molecule has 0 aliphatic heterocycles. The van der Waals surface area contributed by atoms with E-state index in [9.17, 15) is 4.79 Å². The van der Waals surface area contributed by atoms with Gasteiger partial charge in [-0.3, -0.25) is 4.79 Å². The molecule has 152 valence electrons. The highest BCUT2D eigenvalue weighted by molar-refractivity contribution is 5.83. The number of hydrogen-bond donors (Lipinski definition) is 3. The molecule has 4 N–H and O–H groups in total. The highest BCUT2D eigenvalue weighted by atomic mass is 16.5. The summed E-state index contributed by atoms with van der Waals surface area (Å²) in [6.45, 7) is 14.4. The molecule has 0 heterocycles. The highest BCUT2D eigenvalue weighted by Gasteiger charge is 2.24. The monoisotopic (exact) mass is 376 g/mol. The van der Waals surface area contributed by atoms with Crippen molar-refractivity contribution < 1.29 is 9.53 Å². The average molecular weight is 377 g/mol. The maximum Gasteiger partial charge on any atom is 0.224 e. The van der Waals surface area contributed by atoms with Gasteiger partial charge >= 0.3 is 0 Å². The normalized spacial score (nSPS) is 12.2. The van der Waals surface area contributed by atoms with Crippen molar-refractivity contribution in [2.75, 3.05) is 19.7 Å². The van der Waals surface area contributed by atoms with Gasteiger partial charge in [-0.05, 0) is 51.7 Å². The van der Waals surface area contributed by atoms with Gasteiger partial charge in [0.05, 0.1) is 18.6 Å². The average Bonchev–Trinajstić information content (AvgIpc) is 2.58. The fourth-order valence-electron chi connectivity index (χ4n) is 2.23. The van der Waals surface area contributed by atoms with E-state index in [1.807, 2.05) is 20.8 Å². The number of nitrogens with zero attached hydrogens (tertiary/aromatic N) is 1. The van der Waals surface area contributed by atoms with Crippen LogP contribution in [0.5, 0.6) is 5.75 Å². The van der Waals surface area contributed by atoms with Gasteiger partial charge in [-0.15, -0.1) is 0 Å². The Hall–Kier alpha value is -2.24. The van der Waals surface area contributed by atoms with Crippen LogP contribution >= 0.6 is 0 Å². The number of carbonyl (C=O) groups is 1. The van der Waals surface area contributed by atoms with Gasteiger partial charge in [0.1, 0.15) is 5.75 Å². The molecule has 6 heteroatoms. The van der Waals surface area contributed by atoms with E-state index in [1.54, 1.807) is 0 Å². The molecule has 6 nitrogen and oxygen atoms in total. The molecule has 1 rings (SSSR count). The molecule has 0 aromatic heterocycles. The summed E-state index contributed by atoms with van der Waals surface area (Å²) in [5.41, 5.74) is 6.99. The fourth-order valence-corrected chi connectivity index (χ4v) is 2.23. The van der Waals surface area contributed by atoms with Gasteiger partial charge in [-0.25, -0.2) is 4.99 Å². The molecular formula is C21H36N4O2. The van der Waals surface area contributed by atoms with Gasteiger partial charge in [0.2, 0.25) is 5.91 Å². The molecule has 0 atom stereocenters. The highest BCUT2D eigenvalue weighted by Crippen LogP contribution is 2.22. The van der Waals surface area contributed by atoms with Crippen LogP contribution in [0.3, 0.4) is 0 Å². The quantitative estimate of drug-likeness (QED) is 0.433. The number of guanidine groups is 1. The second kappa shape index (κ2) is 10.8. The largest absolute Gasteiger partial charge is 0.493 e. The van der Waals surface area contributed by atoms with E-state index in [4.69, 9.17) is 10.5 Å². The summed E-state index contributed by atoms with van der Waals surface area (Å²) < 4.78 is 6.00. The smallest absolute Gasteiger partial charge is 0.224 e. The van der Waals surface area contributed by atoms with Gasteiger partial charge < -0.3 is 21.1 Å². The summed E-state index contributed by atoms with van der Waals surface area (Å²) in [5, 5.41) is 6.40. The van der Waals surface area contributed by atoms with Crippen molar-refractivity contribution in [2.24, 2.45) is 22.1 Å². The van der Waals surface area contributed by atoms with Crippen molar-refractivity contribution in [1.29, 1.82) is 0 Å². The molecule has 0 bridgehead atoms. The number of ether oxygens (including phenoxy) is 1. The molecule has 0 saturated heterocycles. The lowest BCUT2D eigenvalue weighted by molar-refractivity contribution is -0.125. The Morgan fingerprint density at radius 2 is 2.00 bits per heavy atom. The zero-order valence-electron chi connectivity index (χ0n) is 17.7. The summed E-state index contributed by atoms with van der Waals surface area (Å²) in [5.74, 6) is 1.80. The van der Waals surface area contributed by atoms with E-state index in [1.165, 1.54) is 0 Å². The van der Waals surface area contributed by atoms with Crippen LogP contribution in [0.4, 0.5) is 0 Å². The van der Waals surface area contributed by atoms with E-state index in [2.05, 4.69) is 54.6 Å². The Kier molecular flexibility index (Phi) is 9.12. The Bertz CT molecular complexity index is 639. The minimum absolute atomic E-state index is 0.342. The Labute approximate surface area is 164 Å². The van der Waals surface area contributed by atoms with E-state index in [-0.39, 0.29) is 5.91 Å². The summed E-state index contributed by atoms with van der Waals surface area (Å²) in [6.07, 6.45) is 1.02. The van der Waals surface area contributed by atoms with Gasteiger partial charge in [-0.2, -0.15) is 0 Å². The zero-order valence-corrected chi connectivity index (χ0v) is 17.7. The minimum atomic E-state index is -0.648. The van der Waals surface area contributed by atoms with Crippen molar-refractivity contribution in [1.82, 2.24) is 10.6 Å². The Balaban J connectivity index is 2.84. The molecule has 0 radical (unpaired) electrons. The number of carbonyl (C=O) groups excluding carboxylic acids is 1. The third-order valence-electron chi connectivity index (χ3n) is 4.29. The molecule has 0 saturated carbocycles. The number of primary amides is 1.